The van der Waals surface area contributed by atoms with Crippen LogP contribution in [0.15, 0.2) is 29.2 Å². The van der Waals surface area contributed by atoms with Crippen LogP contribution in [0.3, 0.4) is 0 Å². The normalized spacial score (nSPS) is 24.8. The molecule has 1 N–H and O–H groups in total. The van der Waals surface area contributed by atoms with Crippen molar-refractivity contribution in [2.75, 3.05) is 20.2 Å². The Morgan fingerprint density at radius 3 is 2.17 bits per heavy atom. The average Bonchev–Trinajstić information content (AvgIpc) is 2.73. The van der Waals surface area contributed by atoms with Crippen molar-refractivity contribution in [1.29, 1.82) is 0 Å². The van der Waals surface area contributed by atoms with Crippen LogP contribution in [0, 0.1) is 0 Å². The summed E-state index contributed by atoms with van der Waals surface area (Å²) in [7, 11) is -2.36. The molecule has 9 heteroatoms. The summed E-state index contributed by atoms with van der Waals surface area (Å²) >= 11 is 0. The van der Waals surface area contributed by atoms with Crippen molar-refractivity contribution in [2.24, 2.45) is 0 Å². The second kappa shape index (κ2) is 9.03. The number of hydrogen-bond donors (Lipinski definition) is 1. The number of nitrogens with zero attached hydrogens (tertiary/aromatic N) is 1. The number of hydrogen-bond acceptors (Lipinski definition) is 6. The Hall–Kier alpha value is -1.97. The first-order chi connectivity index (χ1) is 14.2. The van der Waals surface area contributed by atoms with Gasteiger partial charge in [-0.25, -0.2) is 13.2 Å². The number of methoxy groups -OCH3 is 1. The van der Waals surface area contributed by atoms with Crippen LogP contribution < -0.4 is 5.32 Å². The van der Waals surface area contributed by atoms with E-state index in [1.165, 1.54) is 35.7 Å². The minimum Gasteiger partial charge on any atom is -0.467 e. The fraction of sp³-hybridized carbons (Fsp3) is 0.619. The van der Waals surface area contributed by atoms with E-state index in [9.17, 15) is 18.0 Å². The fourth-order valence-electron chi connectivity index (χ4n) is 4.27. The highest BCUT2D eigenvalue weighted by molar-refractivity contribution is 7.89. The summed E-state index contributed by atoms with van der Waals surface area (Å²) in [6.07, 6.45) is 3.39. The highest BCUT2D eigenvalue weighted by Gasteiger charge is 2.42. The Balaban J connectivity index is 1.76. The average molecular weight is 439 g/mol. The van der Waals surface area contributed by atoms with E-state index in [1.807, 2.05) is 13.8 Å². The van der Waals surface area contributed by atoms with E-state index < -0.39 is 27.4 Å². The Morgan fingerprint density at radius 1 is 1.07 bits per heavy atom. The van der Waals surface area contributed by atoms with Crippen molar-refractivity contribution in [3.05, 3.63) is 29.8 Å². The number of rotatable bonds is 5. The maximum Gasteiger partial charge on any atom is 0.331 e. The van der Waals surface area contributed by atoms with Gasteiger partial charge in [0.05, 0.1) is 24.2 Å². The maximum atomic E-state index is 13.0. The first-order valence-corrected chi connectivity index (χ1v) is 11.8. The molecule has 1 aromatic rings. The van der Waals surface area contributed by atoms with E-state index >= 15 is 0 Å². The molecule has 166 valence electrons. The van der Waals surface area contributed by atoms with Gasteiger partial charge in [-0.2, -0.15) is 4.31 Å². The van der Waals surface area contributed by atoms with Gasteiger partial charge in [-0.15, -0.1) is 0 Å². The molecule has 2 atom stereocenters. The molecule has 1 saturated carbocycles. The summed E-state index contributed by atoms with van der Waals surface area (Å²) in [5, 5.41) is 2.84. The molecule has 0 radical (unpaired) electrons. The van der Waals surface area contributed by atoms with E-state index in [1.54, 1.807) is 0 Å². The number of benzene rings is 1. The van der Waals surface area contributed by atoms with Gasteiger partial charge in [-0.05, 0) is 51.0 Å². The predicted molar refractivity (Wildman–Crippen MR) is 111 cm³/mol. The zero-order valence-corrected chi connectivity index (χ0v) is 18.5. The minimum absolute atomic E-state index is 0.126. The fourth-order valence-corrected chi connectivity index (χ4v) is 5.87. The predicted octanol–water partition coefficient (Wildman–Crippen LogP) is 2.09. The first-order valence-electron chi connectivity index (χ1n) is 10.3. The molecule has 1 aliphatic heterocycles. The van der Waals surface area contributed by atoms with Crippen molar-refractivity contribution in [3.63, 3.8) is 0 Å². The van der Waals surface area contributed by atoms with Crippen molar-refractivity contribution in [2.45, 2.75) is 68.6 Å². The summed E-state index contributed by atoms with van der Waals surface area (Å²) in [5.41, 5.74) is -0.721. The van der Waals surface area contributed by atoms with Crippen molar-refractivity contribution in [1.82, 2.24) is 9.62 Å². The zero-order chi connectivity index (χ0) is 21.9. The molecule has 1 aliphatic carbocycles. The summed E-state index contributed by atoms with van der Waals surface area (Å²) in [6, 6.07) is 5.81. The van der Waals surface area contributed by atoms with Crippen molar-refractivity contribution in [3.8, 4) is 0 Å². The molecule has 1 aromatic carbocycles. The molecule has 30 heavy (non-hydrogen) atoms. The van der Waals surface area contributed by atoms with Crippen LogP contribution >= 0.6 is 0 Å². The first kappa shape index (κ1) is 22.7. The van der Waals surface area contributed by atoms with Gasteiger partial charge in [0.25, 0.3) is 5.91 Å². The number of amides is 1. The quantitative estimate of drug-likeness (QED) is 0.707. The third kappa shape index (κ3) is 4.68. The molecule has 1 amide bonds. The van der Waals surface area contributed by atoms with Gasteiger partial charge in [-0.1, -0.05) is 19.3 Å². The monoisotopic (exact) mass is 438 g/mol. The lowest BCUT2D eigenvalue weighted by Crippen LogP contribution is -2.56. The minimum atomic E-state index is -3.68. The van der Waals surface area contributed by atoms with Gasteiger partial charge in [0.1, 0.15) is 5.54 Å². The van der Waals surface area contributed by atoms with Gasteiger partial charge in [0.15, 0.2) is 0 Å². The second-order valence-corrected chi connectivity index (χ2v) is 10.1. The topological polar surface area (TPSA) is 102 Å². The number of esters is 1. The third-order valence-corrected chi connectivity index (χ3v) is 7.62. The largest absolute Gasteiger partial charge is 0.467 e. The second-order valence-electron chi connectivity index (χ2n) is 8.19. The van der Waals surface area contributed by atoms with Crippen LogP contribution in [0.1, 0.15) is 56.3 Å². The number of ether oxygens (including phenoxy) is 2. The van der Waals surface area contributed by atoms with Crippen LogP contribution in [-0.4, -0.2) is 62.5 Å². The molecule has 0 unspecified atom stereocenters. The van der Waals surface area contributed by atoms with Gasteiger partial charge < -0.3 is 14.8 Å². The van der Waals surface area contributed by atoms with Crippen molar-refractivity contribution >= 4 is 21.9 Å². The number of carbonyl (C=O) groups is 2. The summed E-state index contributed by atoms with van der Waals surface area (Å²) in [5.74, 6) is -0.856. The molecule has 8 nitrogen and oxygen atoms in total. The van der Waals surface area contributed by atoms with Gasteiger partial charge in [0.2, 0.25) is 10.0 Å². The van der Waals surface area contributed by atoms with E-state index in [4.69, 9.17) is 9.47 Å². The van der Waals surface area contributed by atoms with Gasteiger partial charge in [-0.3, -0.25) is 4.79 Å². The van der Waals surface area contributed by atoms with Crippen LogP contribution in [0.5, 0.6) is 0 Å². The summed E-state index contributed by atoms with van der Waals surface area (Å²) in [4.78, 5) is 25.3. The summed E-state index contributed by atoms with van der Waals surface area (Å²) < 4.78 is 37.9. The Morgan fingerprint density at radius 2 is 1.63 bits per heavy atom. The molecular weight excluding hydrogens is 408 g/mol. The number of sulfonamides is 1. The molecular formula is C21H30N2O6S. The lowest BCUT2D eigenvalue weighted by atomic mass is 9.81. The highest BCUT2D eigenvalue weighted by Crippen LogP contribution is 2.30. The van der Waals surface area contributed by atoms with Crippen LogP contribution in [0.25, 0.3) is 0 Å². The Bertz CT molecular complexity index is 867. The molecule has 1 saturated heterocycles. The maximum absolute atomic E-state index is 13.0. The van der Waals surface area contributed by atoms with Gasteiger partial charge >= 0.3 is 5.97 Å². The zero-order valence-electron chi connectivity index (χ0n) is 17.7. The van der Waals surface area contributed by atoms with E-state index in [0.717, 1.165) is 19.3 Å². The number of morpholine rings is 1. The van der Waals surface area contributed by atoms with E-state index in [2.05, 4.69) is 5.32 Å². The Labute approximate surface area is 178 Å². The molecule has 1 heterocycles. The van der Waals surface area contributed by atoms with Gasteiger partial charge in [0, 0.05) is 18.7 Å². The molecule has 3 rings (SSSR count). The number of nitrogens with one attached hydrogen (secondary N) is 1. The lowest BCUT2D eigenvalue weighted by Gasteiger charge is -2.35. The molecule has 2 fully saturated rings. The molecule has 0 spiro atoms. The smallest absolute Gasteiger partial charge is 0.331 e. The van der Waals surface area contributed by atoms with Crippen LogP contribution in [0.2, 0.25) is 0 Å². The molecule has 0 aromatic heterocycles. The standard InChI is InChI=1S/C21H30N2O6S/c1-15-13-23(14-16(2)29-15)30(26,27)18-9-7-17(8-10-18)19(24)22-21(20(25)28-3)11-5-4-6-12-21/h7-10,15-16H,4-6,11-14H2,1-3H3,(H,22,24)/t15-,16-/m1/s1. The highest BCUT2D eigenvalue weighted by atomic mass is 32.2. The molecule has 0 bridgehead atoms. The Kier molecular flexibility index (Phi) is 6.84. The lowest BCUT2D eigenvalue weighted by molar-refractivity contribution is -0.149. The molecule has 2 aliphatic rings. The SMILES string of the molecule is COC(=O)C1(NC(=O)c2ccc(S(=O)(=O)N3C[C@@H](C)O[C@H](C)C3)cc2)CCCCC1. The van der Waals surface area contributed by atoms with Crippen LogP contribution in [0.4, 0.5) is 0 Å². The summed E-state index contributed by atoms with van der Waals surface area (Å²) in [6.45, 7) is 4.26. The van der Waals surface area contributed by atoms with E-state index in [-0.39, 0.29) is 30.2 Å². The van der Waals surface area contributed by atoms with E-state index in [0.29, 0.717) is 18.4 Å². The van der Waals surface area contributed by atoms with Crippen LogP contribution in [-0.2, 0) is 24.3 Å². The third-order valence-electron chi connectivity index (χ3n) is 5.78. The van der Waals surface area contributed by atoms with Crippen molar-refractivity contribution < 1.29 is 27.5 Å². The number of carbonyl (C=O) groups excluding carboxylic acids is 2.